The van der Waals surface area contributed by atoms with Crippen molar-refractivity contribution in [2.24, 2.45) is 0 Å². The highest BCUT2D eigenvalue weighted by Crippen LogP contribution is 2.09. The Balaban J connectivity index is 1.95. The van der Waals surface area contributed by atoms with E-state index in [4.69, 9.17) is 4.74 Å². The number of carbonyl (C=O) groups excluding carboxylic acids is 1. The summed E-state index contributed by atoms with van der Waals surface area (Å²) in [6.45, 7) is 2.23. The molecule has 0 saturated heterocycles. The maximum Gasteiger partial charge on any atom is 0.337 e. The van der Waals surface area contributed by atoms with Crippen molar-refractivity contribution >= 4 is 11.9 Å². The molecule has 0 saturated carbocycles. The van der Waals surface area contributed by atoms with Gasteiger partial charge in [-0.1, -0.05) is 18.2 Å². The van der Waals surface area contributed by atoms with Gasteiger partial charge in [0.2, 0.25) is 11.9 Å². The maximum absolute atomic E-state index is 13.4. The Morgan fingerprint density at radius 2 is 2.26 bits per heavy atom. The fourth-order valence-corrected chi connectivity index (χ4v) is 1.49. The van der Waals surface area contributed by atoms with E-state index in [0.29, 0.717) is 12.2 Å². The fourth-order valence-electron chi connectivity index (χ4n) is 1.49. The van der Waals surface area contributed by atoms with E-state index >= 15 is 0 Å². The number of H-pyrrole nitrogens is 1. The van der Waals surface area contributed by atoms with Gasteiger partial charge in [0, 0.05) is 0 Å². The molecule has 1 aromatic carbocycles. The van der Waals surface area contributed by atoms with E-state index in [2.05, 4.69) is 20.5 Å². The topological polar surface area (TPSA) is 79.9 Å². The first-order valence-corrected chi connectivity index (χ1v) is 5.77. The second-order valence-corrected chi connectivity index (χ2v) is 3.72. The monoisotopic (exact) mass is 264 g/mol. The number of ether oxygens (including phenoxy) is 1. The molecular formula is C12H13FN4O2. The Morgan fingerprint density at radius 1 is 1.47 bits per heavy atom. The number of aromatic amines is 1. The van der Waals surface area contributed by atoms with Crippen LogP contribution in [-0.2, 0) is 11.2 Å². The molecule has 2 aromatic rings. The number of carbonyl (C=O) groups is 1. The van der Waals surface area contributed by atoms with Crippen molar-refractivity contribution in [3.8, 4) is 6.01 Å². The van der Waals surface area contributed by atoms with Crippen LogP contribution in [0.5, 0.6) is 6.01 Å². The Kier molecular flexibility index (Phi) is 4.07. The summed E-state index contributed by atoms with van der Waals surface area (Å²) >= 11 is 0. The third-order valence-corrected chi connectivity index (χ3v) is 2.30. The lowest BCUT2D eigenvalue weighted by atomic mass is 10.1. The molecule has 0 unspecified atom stereocenters. The van der Waals surface area contributed by atoms with E-state index in [1.54, 1.807) is 25.1 Å². The van der Waals surface area contributed by atoms with Crippen molar-refractivity contribution in [3.05, 3.63) is 35.6 Å². The summed E-state index contributed by atoms with van der Waals surface area (Å²) in [7, 11) is 0. The second kappa shape index (κ2) is 5.94. The number of rotatable bonds is 5. The highest BCUT2D eigenvalue weighted by Gasteiger charge is 2.10. The standard InChI is InChI=1S/C12H13FN4O2/c1-2-19-12-15-11(16-17-12)14-10(18)7-8-5-3-4-6-9(8)13/h3-6H,2,7H2,1H3,(H2,14,15,16,17,18). The van der Waals surface area contributed by atoms with Crippen molar-refractivity contribution in [1.29, 1.82) is 0 Å². The molecule has 0 aliphatic rings. The van der Waals surface area contributed by atoms with Gasteiger partial charge in [-0.2, -0.15) is 4.98 Å². The fraction of sp³-hybridized carbons (Fsp3) is 0.250. The molecular weight excluding hydrogens is 251 g/mol. The number of hydrogen-bond donors (Lipinski definition) is 2. The van der Waals surface area contributed by atoms with Gasteiger partial charge in [-0.3, -0.25) is 10.1 Å². The lowest BCUT2D eigenvalue weighted by Crippen LogP contribution is -2.16. The van der Waals surface area contributed by atoms with Gasteiger partial charge in [-0.25, -0.2) is 9.49 Å². The zero-order chi connectivity index (χ0) is 13.7. The van der Waals surface area contributed by atoms with Crippen molar-refractivity contribution < 1.29 is 13.9 Å². The number of halogens is 1. The van der Waals surface area contributed by atoms with Crippen LogP contribution in [0.15, 0.2) is 24.3 Å². The Morgan fingerprint density at radius 3 is 3.00 bits per heavy atom. The first-order valence-electron chi connectivity index (χ1n) is 5.77. The summed E-state index contributed by atoms with van der Waals surface area (Å²) in [4.78, 5) is 15.6. The summed E-state index contributed by atoms with van der Waals surface area (Å²) in [5.74, 6) is -0.626. The van der Waals surface area contributed by atoms with Crippen molar-refractivity contribution in [3.63, 3.8) is 0 Å². The number of nitrogens with zero attached hydrogens (tertiary/aromatic N) is 2. The molecule has 1 amide bonds. The molecule has 2 rings (SSSR count). The van der Waals surface area contributed by atoms with E-state index in [1.165, 1.54) is 6.07 Å². The quantitative estimate of drug-likeness (QED) is 0.858. The Hall–Kier alpha value is -2.44. The summed E-state index contributed by atoms with van der Waals surface area (Å²) in [5.41, 5.74) is 0.324. The minimum absolute atomic E-state index is 0.0721. The second-order valence-electron chi connectivity index (χ2n) is 3.72. The average Bonchev–Trinajstić information content (AvgIpc) is 2.80. The smallest absolute Gasteiger partial charge is 0.337 e. The molecule has 2 N–H and O–H groups in total. The number of aromatic nitrogens is 3. The Labute approximate surface area is 109 Å². The average molecular weight is 264 g/mol. The first kappa shape index (κ1) is 13.0. The van der Waals surface area contributed by atoms with Gasteiger partial charge in [-0.05, 0) is 18.6 Å². The van der Waals surface area contributed by atoms with Crippen LogP contribution < -0.4 is 10.1 Å². The summed E-state index contributed by atoms with van der Waals surface area (Å²) in [6.07, 6.45) is -0.0721. The highest BCUT2D eigenvalue weighted by atomic mass is 19.1. The molecule has 0 radical (unpaired) electrons. The van der Waals surface area contributed by atoms with Gasteiger partial charge in [0.05, 0.1) is 13.0 Å². The number of hydrogen-bond acceptors (Lipinski definition) is 4. The number of amides is 1. The molecule has 0 bridgehead atoms. The van der Waals surface area contributed by atoms with Crippen LogP contribution in [0.1, 0.15) is 12.5 Å². The summed E-state index contributed by atoms with van der Waals surface area (Å²) in [6, 6.07) is 6.27. The van der Waals surface area contributed by atoms with Crippen molar-refractivity contribution in [2.75, 3.05) is 11.9 Å². The molecule has 100 valence electrons. The van der Waals surface area contributed by atoms with E-state index in [0.717, 1.165) is 0 Å². The third-order valence-electron chi connectivity index (χ3n) is 2.30. The zero-order valence-electron chi connectivity index (χ0n) is 10.3. The number of anilines is 1. The normalized spacial score (nSPS) is 10.2. The molecule has 7 heteroatoms. The van der Waals surface area contributed by atoms with Crippen LogP contribution in [0, 0.1) is 5.82 Å². The molecule has 0 aliphatic heterocycles. The van der Waals surface area contributed by atoms with E-state index in [1.807, 2.05) is 0 Å². The van der Waals surface area contributed by atoms with Gasteiger partial charge >= 0.3 is 6.01 Å². The van der Waals surface area contributed by atoms with E-state index < -0.39 is 5.82 Å². The maximum atomic E-state index is 13.4. The number of benzene rings is 1. The van der Waals surface area contributed by atoms with E-state index in [9.17, 15) is 9.18 Å². The van der Waals surface area contributed by atoms with Crippen molar-refractivity contribution in [2.45, 2.75) is 13.3 Å². The SMILES string of the molecule is CCOc1n[nH]c(NC(=O)Cc2ccccc2F)n1. The summed E-state index contributed by atoms with van der Waals surface area (Å²) in [5, 5.41) is 8.73. The minimum Gasteiger partial charge on any atom is -0.463 e. The summed E-state index contributed by atoms with van der Waals surface area (Å²) < 4.78 is 18.4. The van der Waals surface area contributed by atoms with Gasteiger partial charge < -0.3 is 4.74 Å². The first-order chi connectivity index (χ1) is 9.19. The van der Waals surface area contributed by atoms with Gasteiger partial charge in [-0.15, -0.1) is 5.10 Å². The number of nitrogens with one attached hydrogen (secondary N) is 2. The van der Waals surface area contributed by atoms with Crippen LogP contribution in [0.25, 0.3) is 0 Å². The predicted octanol–water partition coefficient (Wildman–Crippen LogP) is 1.52. The van der Waals surface area contributed by atoms with Crippen LogP contribution >= 0.6 is 0 Å². The van der Waals surface area contributed by atoms with Gasteiger partial charge in [0.1, 0.15) is 5.82 Å². The van der Waals surface area contributed by atoms with Crippen LogP contribution in [0.2, 0.25) is 0 Å². The van der Waals surface area contributed by atoms with Crippen molar-refractivity contribution in [1.82, 2.24) is 15.2 Å². The molecule has 19 heavy (non-hydrogen) atoms. The largest absolute Gasteiger partial charge is 0.463 e. The lowest BCUT2D eigenvalue weighted by molar-refractivity contribution is -0.115. The third kappa shape index (κ3) is 3.51. The lowest BCUT2D eigenvalue weighted by Gasteiger charge is -2.02. The Bertz CT molecular complexity index is 570. The van der Waals surface area contributed by atoms with Gasteiger partial charge in [0.15, 0.2) is 0 Å². The molecule has 6 nitrogen and oxygen atoms in total. The predicted molar refractivity (Wildman–Crippen MR) is 66.3 cm³/mol. The molecule has 1 aromatic heterocycles. The van der Waals surface area contributed by atoms with Crippen LogP contribution in [0.4, 0.5) is 10.3 Å². The zero-order valence-corrected chi connectivity index (χ0v) is 10.3. The molecule has 1 heterocycles. The van der Waals surface area contributed by atoms with E-state index in [-0.39, 0.29) is 24.3 Å². The molecule has 0 aliphatic carbocycles. The molecule has 0 fully saturated rings. The minimum atomic E-state index is -0.412. The molecule has 0 spiro atoms. The van der Waals surface area contributed by atoms with Crippen LogP contribution in [0.3, 0.4) is 0 Å². The van der Waals surface area contributed by atoms with Gasteiger partial charge in [0.25, 0.3) is 0 Å². The van der Waals surface area contributed by atoms with Crippen LogP contribution in [-0.4, -0.2) is 27.7 Å². The highest BCUT2D eigenvalue weighted by molar-refractivity contribution is 5.90. The molecule has 0 atom stereocenters.